The van der Waals surface area contributed by atoms with Gasteiger partial charge in [-0.1, -0.05) is 11.2 Å². The van der Waals surface area contributed by atoms with Crippen LogP contribution < -0.4 is 4.74 Å². The summed E-state index contributed by atoms with van der Waals surface area (Å²) in [5.41, 5.74) is 4.09. The van der Waals surface area contributed by atoms with Crippen molar-refractivity contribution in [2.45, 2.75) is 25.5 Å². The number of nitrogens with zero attached hydrogens (tertiary/aromatic N) is 4. The van der Waals surface area contributed by atoms with Crippen LogP contribution in [0.15, 0.2) is 90.0 Å². The first-order chi connectivity index (χ1) is 18.5. The molecule has 3 heterocycles. The molecule has 6 rings (SSSR count). The summed E-state index contributed by atoms with van der Waals surface area (Å²) in [6.07, 6.45) is 7.48. The van der Waals surface area contributed by atoms with Crippen LogP contribution in [0.2, 0.25) is 0 Å². The third-order valence-electron chi connectivity index (χ3n) is 7.02. The molecular weight excluding hydrogens is 486 g/mol. The summed E-state index contributed by atoms with van der Waals surface area (Å²) in [7, 11) is 1.65. The Morgan fingerprint density at radius 1 is 0.974 bits per heavy atom. The molecule has 38 heavy (non-hydrogen) atoms. The molecule has 4 aromatic rings. The molecule has 0 atom stereocenters. The number of hydrogen-bond acceptors (Lipinski definition) is 5. The van der Waals surface area contributed by atoms with Gasteiger partial charge < -0.3 is 19.0 Å². The normalized spacial score (nSPS) is 17.2. The van der Waals surface area contributed by atoms with Crippen LogP contribution >= 0.6 is 0 Å². The first-order valence-corrected chi connectivity index (χ1v) is 12.4. The summed E-state index contributed by atoms with van der Waals surface area (Å²) in [5.74, 6) is 0.744. The zero-order valence-electron chi connectivity index (χ0n) is 21.1. The van der Waals surface area contributed by atoms with Crippen LogP contribution in [0.25, 0.3) is 11.8 Å². The van der Waals surface area contributed by atoms with Crippen LogP contribution in [0.1, 0.15) is 35.2 Å². The zero-order chi connectivity index (χ0) is 26.3. The molecule has 0 spiro atoms. The summed E-state index contributed by atoms with van der Waals surface area (Å²) in [6.45, 7) is 2.62. The zero-order valence-corrected chi connectivity index (χ0v) is 21.1. The molecule has 1 fully saturated rings. The third kappa shape index (κ3) is 4.02. The van der Waals surface area contributed by atoms with Crippen molar-refractivity contribution >= 4 is 11.9 Å². The molecule has 6 nitrogen and oxygen atoms in total. The predicted molar refractivity (Wildman–Crippen MR) is 141 cm³/mol. The Morgan fingerprint density at radius 3 is 2.26 bits per heavy atom. The number of rotatable bonds is 5. The SMILES string of the molecule is COc1cc(C=C2CCCN3C2=NOC3(c2ccc(F)cc2)c2ccc(F)cc2)ccc1-n1cnc(C)c1. The molecule has 1 aromatic heterocycles. The number of methoxy groups -OCH3 is 1. The van der Waals surface area contributed by atoms with Gasteiger partial charge in [-0.3, -0.25) is 0 Å². The maximum atomic E-state index is 13.8. The van der Waals surface area contributed by atoms with Crippen molar-refractivity contribution in [3.8, 4) is 11.4 Å². The number of aromatic nitrogens is 2. The van der Waals surface area contributed by atoms with Crippen molar-refractivity contribution in [3.63, 3.8) is 0 Å². The Morgan fingerprint density at radius 2 is 1.66 bits per heavy atom. The van der Waals surface area contributed by atoms with Gasteiger partial charge in [-0.25, -0.2) is 13.8 Å². The molecule has 0 unspecified atom stereocenters. The van der Waals surface area contributed by atoms with E-state index < -0.39 is 5.72 Å². The molecular formula is C30H26F2N4O2. The second kappa shape index (κ2) is 9.45. The van der Waals surface area contributed by atoms with E-state index in [0.29, 0.717) is 23.5 Å². The highest BCUT2D eigenvalue weighted by Gasteiger charge is 2.51. The van der Waals surface area contributed by atoms with E-state index in [2.05, 4.69) is 21.1 Å². The summed E-state index contributed by atoms with van der Waals surface area (Å²) in [6, 6.07) is 18.4. The fourth-order valence-corrected chi connectivity index (χ4v) is 5.22. The quantitative estimate of drug-likeness (QED) is 0.320. The largest absolute Gasteiger partial charge is 0.495 e. The first kappa shape index (κ1) is 23.9. The molecule has 2 aliphatic rings. The molecule has 0 saturated carbocycles. The van der Waals surface area contributed by atoms with Crippen LogP contribution in [0.5, 0.6) is 5.75 Å². The lowest BCUT2D eigenvalue weighted by molar-refractivity contribution is -0.0722. The highest BCUT2D eigenvalue weighted by atomic mass is 19.1. The molecule has 0 aliphatic carbocycles. The molecule has 192 valence electrons. The van der Waals surface area contributed by atoms with Gasteiger partial charge in [0.25, 0.3) is 5.72 Å². The summed E-state index contributed by atoms with van der Waals surface area (Å²) < 4.78 is 35.3. The van der Waals surface area contributed by atoms with Gasteiger partial charge in [0.1, 0.15) is 17.4 Å². The monoisotopic (exact) mass is 512 g/mol. The Hall–Kier alpha value is -4.46. The Bertz CT molecular complexity index is 1500. The van der Waals surface area contributed by atoms with E-state index in [0.717, 1.165) is 41.1 Å². The molecule has 0 bridgehead atoms. The molecule has 0 amide bonds. The fraction of sp³-hybridized carbons (Fsp3) is 0.200. The number of imidazole rings is 1. The minimum Gasteiger partial charge on any atom is -0.495 e. The van der Waals surface area contributed by atoms with Crippen molar-refractivity contribution in [1.82, 2.24) is 14.5 Å². The average Bonchev–Trinajstić information content (AvgIpc) is 3.54. The number of fused-ring (bicyclic) bond motifs is 1. The van der Waals surface area contributed by atoms with Gasteiger partial charge >= 0.3 is 0 Å². The van der Waals surface area contributed by atoms with E-state index in [1.54, 1.807) is 37.7 Å². The summed E-state index contributed by atoms with van der Waals surface area (Å²) >= 11 is 0. The number of hydrogen-bond donors (Lipinski definition) is 0. The lowest BCUT2D eigenvalue weighted by Crippen LogP contribution is -2.49. The maximum absolute atomic E-state index is 13.8. The van der Waals surface area contributed by atoms with Crippen molar-refractivity contribution in [3.05, 3.63) is 119 Å². The van der Waals surface area contributed by atoms with Gasteiger partial charge in [0.2, 0.25) is 0 Å². The molecule has 0 N–H and O–H groups in total. The van der Waals surface area contributed by atoms with Crippen LogP contribution in [0, 0.1) is 18.6 Å². The lowest BCUT2D eigenvalue weighted by atomic mass is 9.89. The Labute approximate surface area is 219 Å². The van der Waals surface area contributed by atoms with Crippen LogP contribution in [-0.4, -0.2) is 33.9 Å². The van der Waals surface area contributed by atoms with Crippen LogP contribution in [-0.2, 0) is 10.6 Å². The molecule has 1 saturated heterocycles. The minimum atomic E-state index is -1.13. The summed E-state index contributed by atoms with van der Waals surface area (Å²) in [4.78, 5) is 12.6. The fourth-order valence-electron chi connectivity index (χ4n) is 5.22. The second-order valence-electron chi connectivity index (χ2n) is 9.44. The highest BCUT2D eigenvalue weighted by Crippen LogP contribution is 2.45. The van der Waals surface area contributed by atoms with E-state index >= 15 is 0 Å². The van der Waals surface area contributed by atoms with Gasteiger partial charge in [-0.05, 0) is 97.6 Å². The van der Waals surface area contributed by atoms with Gasteiger partial charge in [0, 0.05) is 23.9 Å². The predicted octanol–water partition coefficient (Wildman–Crippen LogP) is 6.19. The van der Waals surface area contributed by atoms with Crippen molar-refractivity contribution < 1.29 is 18.4 Å². The number of ether oxygens (including phenoxy) is 1. The standard InChI is InChI=1S/C30H26F2N4O2/c1-20-18-35(19-33-20)27-14-5-21(17-28(27)37-2)16-22-4-3-15-36-29(22)34-38-30(36,23-6-10-25(31)11-7-23)24-8-12-26(32)13-9-24/h5-14,16-19H,3-4,15H2,1-2H3. The highest BCUT2D eigenvalue weighted by molar-refractivity contribution is 6.03. The molecule has 2 aliphatic heterocycles. The van der Waals surface area contributed by atoms with E-state index in [-0.39, 0.29) is 11.6 Å². The van der Waals surface area contributed by atoms with E-state index in [1.807, 2.05) is 35.9 Å². The second-order valence-corrected chi connectivity index (χ2v) is 9.44. The van der Waals surface area contributed by atoms with Gasteiger partial charge in [-0.15, -0.1) is 0 Å². The number of halogens is 2. The van der Waals surface area contributed by atoms with Crippen molar-refractivity contribution in [2.24, 2.45) is 5.16 Å². The van der Waals surface area contributed by atoms with Gasteiger partial charge in [0.05, 0.1) is 24.8 Å². The maximum Gasteiger partial charge on any atom is 0.263 e. The molecule has 3 aromatic carbocycles. The minimum absolute atomic E-state index is 0.343. The van der Waals surface area contributed by atoms with Crippen molar-refractivity contribution in [2.75, 3.05) is 13.7 Å². The Kier molecular flexibility index (Phi) is 5.94. The van der Waals surface area contributed by atoms with Crippen LogP contribution in [0.3, 0.4) is 0 Å². The van der Waals surface area contributed by atoms with E-state index in [4.69, 9.17) is 9.57 Å². The average molecular weight is 513 g/mol. The van der Waals surface area contributed by atoms with Crippen molar-refractivity contribution in [1.29, 1.82) is 0 Å². The molecule has 0 radical (unpaired) electrons. The number of amidine groups is 1. The Balaban J connectivity index is 1.39. The van der Waals surface area contributed by atoms with Gasteiger partial charge in [0.15, 0.2) is 5.84 Å². The van der Waals surface area contributed by atoms with E-state index in [9.17, 15) is 8.78 Å². The lowest BCUT2D eigenvalue weighted by Gasteiger charge is -2.40. The third-order valence-corrected chi connectivity index (χ3v) is 7.02. The summed E-state index contributed by atoms with van der Waals surface area (Å²) in [5, 5.41) is 4.54. The molecule has 8 heteroatoms. The first-order valence-electron chi connectivity index (χ1n) is 12.4. The van der Waals surface area contributed by atoms with E-state index in [1.165, 1.54) is 24.3 Å². The number of aryl methyl sites for hydroxylation is 1. The number of piperidine rings is 1. The smallest absolute Gasteiger partial charge is 0.263 e. The number of oxime groups is 1. The van der Waals surface area contributed by atoms with Gasteiger partial charge in [-0.2, -0.15) is 0 Å². The topological polar surface area (TPSA) is 51.9 Å². The number of benzene rings is 3. The van der Waals surface area contributed by atoms with Crippen LogP contribution in [0.4, 0.5) is 8.78 Å².